The number of benzene rings is 1. The molecular weight excluding hydrogens is 388 g/mol. The topological polar surface area (TPSA) is 83.9 Å². The zero-order valence-electron chi connectivity index (χ0n) is 17.2. The lowest BCUT2D eigenvalue weighted by Crippen LogP contribution is -2.31. The van der Waals surface area contributed by atoms with E-state index in [0.29, 0.717) is 11.5 Å². The Morgan fingerprint density at radius 2 is 1.94 bits per heavy atom. The molecule has 4 aromatic rings. The lowest BCUT2D eigenvalue weighted by atomic mass is 10.1. The standard InChI is InChI=1S/C24H22N6O/c1-30(15-22(31)27-18-8-5-11-25-14-18)24-19-9-4-10-20(19)28-23(29-24)21-12-16-6-2-3-7-17(16)13-26-21/h2-3,5-8,11-14H,4,9-10,15H2,1H3,(H,27,31). The highest BCUT2D eigenvalue weighted by atomic mass is 16.2. The molecule has 0 atom stereocenters. The third-order valence-electron chi connectivity index (χ3n) is 5.46. The maximum absolute atomic E-state index is 12.6. The van der Waals surface area contributed by atoms with Gasteiger partial charge in [0.15, 0.2) is 5.82 Å². The van der Waals surface area contributed by atoms with Crippen molar-refractivity contribution in [2.45, 2.75) is 19.3 Å². The molecule has 7 heteroatoms. The summed E-state index contributed by atoms with van der Waals surface area (Å²) in [5.74, 6) is 1.28. The molecule has 1 aliphatic rings. The van der Waals surface area contributed by atoms with E-state index in [1.165, 1.54) is 0 Å². The van der Waals surface area contributed by atoms with Gasteiger partial charge in [0.2, 0.25) is 5.91 Å². The molecule has 1 aromatic carbocycles. The zero-order valence-corrected chi connectivity index (χ0v) is 17.2. The van der Waals surface area contributed by atoms with Crippen LogP contribution in [-0.2, 0) is 17.6 Å². The minimum atomic E-state index is -0.119. The van der Waals surface area contributed by atoms with Gasteiger partial charge in [-0.15, -0.1) is 0 Å². The van der Waals surface area contributed by atoms with Crippen LogP contribution in [0.2, 0.25) is 0 Å². The van der Waals surface area contributed by atoms with Crippen LogP contribution in [0.5, 0.6) is 0 Å². The molecule has 3 heterocycles. The summed E-state index contributed by atoms with van der Waals surface area (Å²) in [6.07, 6.45) is 8.04. The first kappa shape index (κ1) is 19.1. The number of hydrogen-bond donors (Lipinski definition) is 1. The van der Waals surface area contributed by atoms with Gasteiger partial charge in [-0.3, -0.25) is 14.8 Å². The van der Waals surface area contributed by atoms with E-state index in [1.54, 1.807) is 18.5 Å². The number of nitrogens with zero attached hydrogens (tertiary/aromatic N) is 5. The molecule has 1 amide bonds. The normalized spacial score (nSPS) is 12.5. The first-order valence-electron chi connectivity index (χ1n) is 10.3. The number of pyridine rings is 2. The summed E-state index contributed by atoms with van der Waals surface area (Å²) in [6.45, 7) is 0.183. The molecule has 0 saturated carbocycles. The number of nitrogens with one attached hydrogen (secondary N) is 1. The number of rotatable bonds is 5. The van der Waals surface area contributed by atoms with E-state index in [4.69, 9.17) is 9.97 Å². The minimum absolute atomic E-state index is 0.119. The lowest BCUT2D eigenvalue weighted by Gasteiger charge is -2.21. The van der Waals surface area contributed by atoms with Gasteiger partial charge >= 0.3 is 0 Å². The second kappa shape index (κ2) is 8.10. The second-order valence-corrected chi connectivity index (χ2v) is 7.71. The Hall–Kier alpha value is -3.87. The minimum Gasteiger partial charge on any atom is -0.350 e. The van der Waals surface area contributed by atoms with Crippen molar-refractivity contribution in [2.75, 3.05) is 23.8 Å². The fraction of sp³-hybridized carbons (Fsp3) is 0.208. The van der Waals surface area contributed by atoms with Crippen LogP contribution < -0.4 is 10.2 Å². The number of amides is 1. The van der Waals surface area contributed by atoms with Crippen LogP contribution in [0.25, 0.3) is 22.3 Å². The quantitative estimate of drug-likeness (QED) is 0.541. The van der Waals surface area contributed by atoms with Crippen LogP contribution in [0.15, 0.2) is 61.1 Å². The van der Waals surface area contributed by atoms with E-state index < -0.39 is 0 Å². The van der Waals surface area contributed by atoms with E-state index in [-0.39, 0.29) is 12.5 Å². The first-order chi connectivity index (χ1) is 15.2. The number of carbonyl (C=O) groups excluding carboxylic acids is 1. The number of anilines is 2. The molecule has 0 spiro atoms. The van der Waals surface area contributed by atoms with E-state index >= 15 is 0 Å². The summed E-state index contributed by atoms with van der Waals surface area (Å²) in [7, 11) is 1.89. The van der Waals surface area contributed by atoms with E-state index in [1.807, 2.05) is 48.5 Å². The number of hydrogen-bond acceptors (Lipinski definition) is 6. The molecule has 0 fully saturated rings. The third kappa shape index (κ3) is 3.94. The smallest absolute Gasteiger partial charge is 0.243 e. The summed E-state index contributed by atoms with van der Waals surface area (Å²) in [4.78, 5) is 32.7. The van der Waals surface area contributed by atoms with E-state index in [2.05, 4.69) is 21.4 Å². The highest BCUT2D eigenvalue weighted by Gasteiger charge is 2.23. The number of fused-ring (bicyclic) bond motifs is 2. The van der Waals surface area contributed by atoms with Gasteiger partial charge in [0, 0.05) is 36.1 Å². The average Bonchev–Trinajstić information content (AvgIpc) is 3.27. The van der Waals surface area contributed by atoms with Crippen molar-refractivity contribution >= 4 is 28.2 Å². The molecule has 0 unspecified atom stereocenters. The van der Waals surface area contributed by atoms with Crippen molar-refractivity contribution < 1.29 is 4.79 Å². The Morgan fingerprint density at radius 1 is 1.06 bits per heavy atom. The fourth-order valence-corrected chi connectivity index (χ4v) is 3.98. The van der Waals surface area contributed by atoms with Crippen molar-refractivity contribution in [1.29, 1.82) is 0 Å². The lowest BCUT2D eigenvalue weighted by molar-refractivity contribution is -0.114. The van der Waals surface area contributed by atoms with Crippen molar-refractivity contribution in [3.63, 3.8) is 0 Å². The average molecular weight is 410 g/mol. The number of carbonyl (C=O) groups is 1. The molecule has 31 heavy (non-hydrogen) atoms. The summed E-state index contributed by atoms with van der Waals surface area (Å²) in [5, 5.41) is 5.06. The van der Waals surface area contributed by atoms with Crippen molar-refractivity contribution in [2.24, 2.45) is 0 Å². The number of likely N-dealkylation sites (N-methyl/N-ethyl adjacent to an activating group) is 1. The molecule has 0 aliphatic heterocycles. The monoisotopic (exact) mass is 410 g/mol. The van der Waals surface area contributed by atoms with Gasteiger partial charge in [-0.05, 0) is 42.8 Å². The highest BCUT2D eigenvalue weighted by molar-refractivity contribution is 5.94. The molecule has 154 valence electrons. The van der Waals surface area contributed by atoms with Gasteiger partial charge in [0.05, 0.1) is 18.4 Å². The van der Waals surface area contributed by atoms with E-state index in [0.717, 1.165) is 52.8 Å². The first-order valence-corrected chi connectivity index (χ1v) is 10.3. The third-order valence-corrected chi connectivity index (χ3v) is 5.46. The number of aromatic nitrogens is 4. The summed E-state index contributed by atoms with van der Waals surface area (Å²) < 4.78 is 0. The largest absolute Gasteiger partial charge is 0.350 e. The van der Waals surface area contributed by atoms with Gasteiger partial charge < -0.3 is 10.2 Å². The van der Waals surface area contributed by atoms with Crippen LogP contribution in [-0.4, -0.2) is 39.4 Å². The van der Waals surface area contributed by atoms with Crippen molar-refractivity contribution in [3.8, 4) is 11.5 Å². The van der Waals surface area contributed by atoms with Crippen LogP contribution in [0.3, 0.4) is 0 Å². The van der Waals surface area contributed by atoms with Crippen LogP contribution in [0.1, 0.15) is 17.7 Å². The van der Waals surface area contributed by atoms with Crippen LogP contribution >= 0.6 is 0 Å². The Balaban J connectivity index is 1.45. The SMILES string of the molecule is CN(CC(=O)Nc1cccnc1)c1nc(-c2cc3ccccc3cn2)nc2c1CCC2. The van der Waals surface area contributed by atoms with Crippen LogP contribution in [0, 0.1) is 0 Å². The Kier molecular flexibility index (Phi) is 5.00. The van der Waals surface area contributed by atoms with Gasteiger partial charge in [-0.25, -0.2) is 9.97 Å². The van der Waals surface area contributed by atoms with Gasteiger partial charge in [-0.2, -0.15) is 0 Å². The maximum atomic E-state index is 12.6. The number of aryl methyl sites for hydroxylation is 1. The zero-order chi connectivity index (χ0) is 21.2. The highest BCUT2D eigenvalue weighted by Crippen LogP contribution is 2.31. The fourth-order valence-electron chi connectivity index (χ4n) is 3.98. The van der Waals surface area contributed by atoms with Crippen molar-refractivity contribution in [1.82, 2.24) is 19.9 Å². The van der Waals surface area contributed by atoms with Gasteiger partial charge in [0.25, 0.3) is 0 Å². The van der Waals surface area contributed by atoms with Crippen molar-refractivity contribution in [3.05, 3.63) is 72.3 Å². The predicted molar refractivity (Wildman–Crippen MR) is 121 cm³/mol. The van der Waals surface area contributed by atoms with E-state index in [9.17, 15) is 4.79 Å². The maximum Gasteiger partial charge on any atom is 0.243 e. The summed E-state index contributed by atoms with van der Waals surface area (Å²) >= 11 is 0. The molecule has 0 radical (unpaired) electrons. The molecule has 1 N–H and O–H groups in total. The Bertz CT molecular complexity index is 1260. The predicted octanol–water partition coefficient (Wildman–Crippen LogP) is 3.65. The van der Waals surface area contributed by atoms with Crippen LogP contribution in [0.4, 0.5) is 11.5 Å². The van der Waals surface area contributed by atoms with Gasteiger partial charge in [0.1, 0.15) is 11.5 Å². The summed E-state index contributed by atoms with van der Waals surface area (Å²) in [5.41, 5.74) is 3.59. The molecule has 5 rings (SSSR count). The molecular formula is C24H22N6O. The molecule has 1 aliphatic carbocycles. The van der Waals surface area contributed by atoms with Gasteiger partial charge in [-0.1, -0.05) is 24.3 Å². The Labute approximate surface area is 180 Å². The molecule has 7 nitrogen and oxygen atoms in total. The Morgan fingerprint density at radius 3 is 2.77 bits per heavy atom. The molecule has 3 aromatic heterocycles. The molecule has 0 saturated heterocycles. The molecule has 0 bridgehead atoms. The summed E-state index contributed by atoms with van der Waals surface area (Å²) in [6, 6.07) is 13.7. The second-order valence-electron chi connectivity index (χ2n) is 7.71.